The van der Waals surface area contributed by atoms with Crippen LogP contribution in [-0.4, -0.2) is 98.5 Å². The van der Waals surface area contributed by atoms with Crippen LogP contribution in [0.4, 0.5) is 26.3 Å². The average molecular weight is 529 g/mol. The Hall–Kier alpha value is -3.64. The Morgan fingerprint density at radius 3 is 1.66 bits per heavy atom. The average Bonchev–Trinajstić information content (AvgIpc) is 3.19. The summed E-state index contributed by atoms with van der Waals surface area (Å²) in [6.45, 7) is 0.187. The van der Waals surface area contributed by atoms with E-state index in [1.54, 1.807) is 0 Å². The number of hydrogen-bond donors (Lipinski definition) is 6. The number of hydrogen-bond acceptors (Lipinski definition) is 7. The van der Waals surface area contributed by atoms with Crippen molar-refractivity contribution in [2.75, 3.05) is 13.1 Å². The van der Waals surface area contributed by atoms with Gasteiger partial charge in [0.15, 0.2) is 0 Å². The number of aliphatic carboxylic acids is 4. The molecule has 35 heavy (non-hydrogen) atoms. The van der Waals surface area contributed by atoms with Crippen molar-refractivity contribution in [3.8, 4) is 0 Å². The quantitative estimate of drug-likeness (QED) is 0.233. The third-order valence-corrected chi connectivity index (χ3v) is 3.80. The highest BCUT2D eigenvalue weighted by Crippen LogP contribution is 2.18. The molecule has 1 aliphatic heterocycles. The number of carboxylic acids is 4. The molecule has 1 fully saturated rings. The van der Waals surface area contributed by atoms with Gasteiger partial charge in [-0.1, -0.05) is 0 Å². The van der Waals surface area contributed by atoms with Gasteiger partial charge in [0, 0.05) is 13.0 Å². The first-order chi connectivity index (χ1) is 15.7. The predicted octanol–water partition coefficient (Wildman–Crippen LogP) is -0.363. The number of nitrogens with one attached hydrogen (secondary N) is 1. The van der Waals surface area contributed by atoms with E-state index in [9.17, 15) is 45.5 Å². The first-order valence-electron chi connectivity index (χ1n) is 9.10. The lowest BCUT2D eigenvalue weighted by Gasteiger charge is -2.25. The van der Waals surface area contributed by atoms with Crippen molar-refractivity contribution in [2.45, 2.75) is 50.1 Å². The largest absolute Gasteiger partial charge is 0.490 e. The van der Waals surface area contributed by atoms with Gasteiger partial charge in [0.1, 0.15) is 12.1 Å². The van der Waals surface area contributed by atoms with Crippen LogP contribution in [0.3, 0.4) is 0 Å². The molecule has 0 aromatic rings. The van der Waals surface area contributed by atoms with Gasteiger partial charge in [-0.15, -0.1) is 0 Å². The molecule has 1 heterocycles. The molecule has 0 aliphatic carbocycles. The van der Waals surface area contributed by atoms with Crippen LogP contribution in [-0.2, 0) is 28.8 Å². The van der Waals surface area contributed by atoms with Gasteiger partial charge in [-0.25, -0.2) is 14.4 Å². The Morgan fingerprint density at radius 2 is 1.34 bits per heavy atom. The van der Waals surface area contributed by atoms with Gasteiger partial charge in [-0.2, -0.15) is 26.3 Å². The summed E-state index contributed by atoms with van der Waals surface area (Å²) < 4.78 is 63.5. The lowest BCUT2D eigenvalue weighted by atomic mass is 10.1. The summed E-state index contributed by atoms with van der Waals surface area (Å²) in [5.41, 5.74) is 5.26. The maximum atomic E-state index is 12.1. The Morgan fingerprint density at radius 1 is 0.914 bits per heavy atom. The standard InChI is InChI=1S/C12H19N3O6.2C2HF3O2/c13-6-9(16)15-5-1-2-8(15)11(19)14-7(12(20)21)3-4-10(17)18;2*3-2(4,5)1(6)7/h7-8H,1-6,13H2,(H,14,19)(H,17,18)(H,20,21);2*(H,6,7)/t7-,8-;;/m0../s1. The fourth-order valence-corrected chi connectivity index (χ4v) is 2.25. The molecule has 2 amide bonds. The zero-order valence-corrected chi connectivity index (χ0v) is 17.4. The minimum atomic E-state index is -5.08. The molecule has 19 heteroatoms. The third-order valence-electron chi connectivity index (χ3n) is 3.80. The first kappa shape index (κ1) is 33.5. The lowest BCUT2D eigenvalue weighted by Crippen LogP contribution is -2.51. The van der Waals surface area contributed by atoms with Crippen LogP contribution >= 0.6 is 0 Å². The number of nitrogens with zero attached hydrogens (tertiary/aromatic N) is 1. The molecule has 0 saturated carbocycles. The number of likely N-dealkylation sites (tertiary alicyclic amines) is 1. The second-order valence-electron chi connectivity index (χ2n) is 6.39. The van der Waals surface area contributed by atoms with E-state index in [4.69, 9.17) is 35.7 Å². The molecule has 1 aliphatic rings. The van der Waals surface area contributed by atoms with Crippen molar-refractivity contribution in [1.29, 1.82) is 0 Å². The molecule has 202 valence electrons. The fraction of sp³-hybridized carbons (Fsp3) is 0.625. The van der Waals surface area contributed by atoms with Crippen molar-refractivity contribution in [3.05, 3.63) is 0 Å². The molecule has 0 radical (unpaired) electrons. The van der Waals surface area contributed by atoms with E-state index in [0.717, 1.165) is 0 Å². The van der Waals surface area contributed by atoms with Gasteiger partial charge in [0.2, 0.25) is 11.8 Å². The van der Waals surface area contributed by atoms with Crippen LogP contribution in [0.15, 0.2) is 0 Å². The summed E-state index contributed by atoms with van der Waals surface area (Å²) in [5.74, 6) is -8.92. The van der Waals surface area contributed by atoms with Crippen LogP contribution in [0.1, 0.15) is 25.7 Å². The van der Waals surface area contributed by atoms with Gasteiger partial charge in [0.05, 0.1) is 6.54 Å². The summed E-state index contributed by atoms with van der Waals surface area (Å²) >= 11 is 0. The molecule has 0 unspecified atom stereocenters. The number of halogens is 6. The van der Waals surface area contributed by atoms with Gasteiger partial charge in [-0.05, 0) is 19.3 Å². The summed E-state index contributed by atoms with van der Waals surface area (Å²) in [4.78, 5) is 64.3. The van der Waals surface area contributed by atoms with E-state index in [0.29, 0.717) is 19.4 Å². The zero-order chi connectivity index (χ0) is 28.1. The Bertz CT molecular complexity index is 763. The minimum absolute atomic E-state index is 0.214. The number of carbonyl (C=O) groups is 6. The summed E-state index contributed by atoms with van der Waals surface area (Å²) in [6.07, 6.45) is -9.68. The van der Waals surface area contributed by atoms with Gasteiger partial charge in [-0.3, -0.25) is 14.4 Å². The Kier molecular flexibility index (Phi) is 14.0. The molecule has 13 nitrogen and oxygen atoms in total. The second-order valence-corrected chi connectivity index (χ2v) is 6.39. The van der Waals surface area contributed by atoms with Gasteiger partial charge >= 0.3 is 36.2 Å². The molecule has 0 aromatic heterocycles. The van der Waals surface area contributed by atoms with Gasteiger partial charge < -0.3 is 36.4 Å². The molecule has 0 bridgehead atoms. The normalized spacial score (nSPS) is 16.0. The molecule has 1 rings (SSSR count). The SMILES string of the molecule is NCC(=O)N1CCC[C@H]1C(=O)N[C@@H](CCC(=O)O)C(=O)O.O=C(O)C(F)(F)F.O=C(O)C(F)(F)F. The number of carbonyl (C=O) groups excluding carboxylic acids is 2. The number of amides is 2. The summed E-state index contributed by atoms with van der Waals surface area (Å²) in [6, 6.07) is -2.03. The molecular formula is C16H21F6N3O10. The lowest BCUT2D eigenvalue weighted by molar-refractivity contribution is -0.193. The summed E-state index contributed by atoms with van der Waals surface area (Å²) in [7, 11) is 0. The molecule has 0 spiro atoms. The van der Waals surface area contributed by atoms with Crippen molar-refractivity contribution in [3.63, 3.8) is 0 Å². The maximum Gasteiger partial charge on any atom is 0.490 e. The van der Waals surface area contributed by atoms with E-state index in [2.05, 4.69) is 5.32 Å². The zero-order valence-electron chi connectivity index (χ0n) is 17.4. The van der Waals surface area contributed by atoms with E-state index in [1.807, 2.05) is 0 Å². The minimum Gasteiger partial charge on any atom is -0.481 e. The van der Waals surface area contributed by atoms with E-state index in [-0.39, 0.29) is 25.3 Å². The van der Waals surface area contributed by atoms with Crippen molar-refractivity contribution in [2.24, 2.45) is 5.73 Å². The highest BCUT2D eigenvalue weighted by atomic mass is 19.4. The number of rotatable bonds is 7. The van der Waals surface area contributed by atoms with Crippen LogP contribution in [0.5, 0.6) is 0 Å². The maximum absolute atomic E-state index is 12.1. The highest BCUT2D eigenvalue weighted by Gasteiger charge is 2.39. The second kappa shape index (κ2) is 14.6. The fourth-order valence-electron chi connectivity index (χ4n) is 2.25. The highest BCUT2D eigenvalue weighted by molar-refractivity contribution is 5.91. The molecular weight excluding hydrogens is 508 g/mol. The van der Waals surface area contributed by atoms with E-state index < -0.39 is 54.2 Å². The molecule has 7 N–H and O–H groups in total. The Balaban J connectivity index is 0. The van der Waals surface area contributed by atoms with Crippen LogP contribution < -0.4 is 11.1 Å². The smallest absolute Gasteiger partial charge is 0.481 e. The van der Waals surface area contributed by atoms with Crippen molar-refractivity contribution in [1.82, 2.24) is 10.2 Å². The Labute approximate surface area is 191 Å². The number of alkyl halides is 6. The first-order valence-corrected chi connectivity index (χ1v) is 9.10. The van der Waals surface area contributed by atoms with Crippen molar-refractivity contribution >= 4 is 35.7 Å². The summed E-state index contributed by atoms with van der Waals surface area (Å²) in [5, 5.41) is 34.1. The molecule has 0 aromatic carbocycles. The monoisotopic (exact) mass is 529 g/mol. The van der Waals surface area contributed by atoms with Crippen LogP contribution in [0.2, 0.25) is 0 Å². The molecule has 2 atom stereocenters. The van der Waals surface area contributed by atoms with Crippen molar-refractivity contribution < 1.29 is 75.5 Å². The number of nitrogens with two attached hydrogens (primary N) is 1. The van der Waals surface area contributed by atoms with E-state index in [1.165, 1.54) is 4.90 Å². The molecule has 1 saturated heterocycles. The van der Waals surface area contributed by atoms with Crippen LogP contribution in [0.25, 0.3) is 0 Å². The topological polar surface area (TPSA) is 225 Å². The third kappa shape index (κ3) is 14.3. The van der Waals surface area contributed by atoms with Gasteiger partial charge in [0.25, 0.3) is 0 Å². The van der Waals surface area contributed by atoms with Crippen LogP contribution in [0, 0.1) is 0 Å². The van der Waals surface area contributed by atoms with E-state index >= 15 is 0 Å². The number of carboxylic acid groups (broad SMARTS) is 4. The predicted molar refractivity (Wildman–Crippen MR) is 97.6 cm³/mol.